The molecule has 0 saturated heterocycles. The molecular weight excluding hydrogens is 230 g/mol. The van der Waals surface area contributed by atoms with Gasteiger partial charge in [0.15, 0.2) is 0 Å². The summed E-state index contributed by atoms with van der Waals surface area (Å²) in [4.78, 5) is 11.5. The number of nitrogens with one attached hydrogen (secondary N) is 1. The zero-order valence-corrected chi connectivity index (χ0v) is 10.4. The number of hydrogen-bond acceptors (Lipinski definition) is 1. The molecule has 0 aromatic carbocycles. The molecule has 0 rings (SSSR count). The number of alkyl halides is 1. The Morgan fingerprint density at radius 1 is 1.38 bits per heavy atom. The number of amides is 1. The van der Waals surface area contributed by atoms with Gasteiger partial charge in [-0.2, -0.15) is 0 Å². The maximum atomic E-state index is 11.5. The van der Waals surface area contributed by atoms with Gasteiger partial charge in [0.1, 0.15) is 0 Å². The second-order valence-corrected chi connectivity index (χ2v) is 4.37. The third-order valence-electron chi connectivity index (χ3n) is 2.10. The zero-order chi connectivity index (χ0) is 10.3. The first-order chi connectivity index (χ1) is 6.11. The van der Waals surface area contributed by atoms with Gasteiger partial charge < -0.3 is 5.32 Å². The summed E-state index contributed by atoms with van der Waals surface area (Å²) in [6.45, 7) is 6.13. The van der Waals surface area contributed by atoms with Crippen molar-refractivity contribution in [2.24, 2.45) is 5.92 Å². The van der Waals surface area contributed by atoms with E-state index < -0.39 is 0 Å². The third kappa shape index (κ3) is 6.08. The first kappa shape index (κ1) is 12.9. The normalized spacial score (nSPS) is 15.1. The van der Waals surface area contributed by atoms with Crippen molar-refractivity contribution in [1.82, 2.24) is 5.32 Å². The number of hydrogen-bond donors (Lipinski definition) is 1. The molecule has 0 fully saturated rings. The molecule has 1 amide bonds. The lowest BCUT2D eigenvalue weighted by Gasteiger charge is -2.16. The second kappa shape index (κ2) is 7.36. The van der Waals surface area contributed by atoms with Gasteiger partial charge in [0, 0.05) is 17.3 Å². The molecule has 2 unspecified atom stereocenters. The van der Waals surface area contributed by atoms with Crippen molar-refractivity contribution in [3.8, 4) is 0 Å². The fourth-order valence-electron chi connectivity index (χ4n) is 1.19. The van der Waals surface area contributed by atoms with Gasteiger partial charge in [-0.25, -0.2) is 0 Å². The molecule has 0 aliphatic carbocycles. The zero-order valence-electron chi connectivity index (χ0n) is 8.77. The average Bonchev–Trinajstić information content (AvgIpc) is 2.05. The molecule has 2 atom stereocenters. The van der Waals surface area contributed by atoms with Crippen LogP contribution in [-0.4, -0.2) is 17.3 Å². The van der Waals surface area contributed by atoms with Crippen LogP contribution in [0, 0.1) is 5.92 Å². The topological polar surface area (TPSA) is 29.1 Å². The van der Waals surface area contributed by atoms with Gasteiger partial charge in [-0.05, 0) is 19.8 Å². The van der Waals surface area contributed by atoms with Crippen molar-refractivity contribution >= 4 is 21.8 Å². The van der Waals surface area contributed by atoms with Crippen LogP contribution in [0.4, 0.5) is 0 Å². The molecule has 0 radical (unpaired) electrons. The van der Waals surface area contributed by atoms with E-state index in [0.29, 0.717) is 0 Å². The Balaban J connectivity index is 3.71. The van der Waals surface area contributed by atoms with E-state index in [4.69, 9.17) is 0 Å². The van der Waals surface area contributed by atoms with Crippen LogP contribution >= 0.6 is 15.9 Å². The van der Waals surface area contributed by atoms with Gasteiger partial charge in [-0.15, -0.1) is 0 Å². The molecule has 0 saturated carbocycles. The largest absolute Gasteiger partial charge is 0.353 e. The van der Waals surface area contributed by atoms with Crippen LogP contribution in [0.5, 0.6) is 0 Å². The lowest BCUT2D eigenvalue weighted by atomic mass is 10.1. The van der Waals surface area contributed by atoms with Crippen molar-refractivity contribution in [3.05, 3.63) is 0 Å². The molecule has 0 spiro atoms. The minimum atomic E-state index is 0.155. The summed E-state index contributed by atoms with van der Waals surface area (Å²) >= 11 is 3.36. The molecule has 0 heterocycles. The fraction of sp³-hybridized carbons (Fsp3) is 0.900. The maximum absolute atomic E-state index is 11.5. The number of rotatable bonds is 6. The second-order valence-electron chi connectivity index (χ2n) is 3.58. The molecule has 0 aromatic rings. The Labute approximate surface area is 89.6 Å². The lowest BCUT2D eigenvalue weighted by molar-refractivity contribution is -0.125. The van der Waals surface area contributed by atoms with E-state index in [1.54, 1.807) is 0 Å². The molecule has 0 aliphatic heterocycles. The van der Waals surface area contributed by atoms with Crippen LogP contribution in [-0.2, 0) is 4.79 Å². The Morgan fingerprint density at radius 3 is 2.46 bits per heavy atom. The molecule has 78 valence electrons. The summed E-state index contributed by atoms with van der Waals surface area (Å²) in [5.41, 5.74) is 0. The van der Waals surface area contributed by atoms with Crippen LogP contribution in [0.2, 0.25) is 0 Å². The number of carbonyl (C=O) groups is 1. The highest BCUT2D eigenvalue weighted by atomic mass is 79.9. The number of carbonyl (C=O) groups excluding carboxylic acids is 1. The van der Waals surface area contributed by atoms with Crippen LogP contribution in [0.15, 0.2) is 0 Å². The fourth-order valence-corrected chi connectivity index (χ4v) is 1.87. The molecule has 3 heteroatoms. The Hall–Kier alpha value is -0.0500. The molecule has 0 aromatic heterocycles. The Bertz CT molecular complexity index is 150. The highest BCUT2D eigenvalue weighted by Crippen LogP contribution is 2.05. The third-order valence-corrected chi connectivity index (χ3v) is 2.56. The van der Waals surface area contributed by atoms with Crippen LogP contribution in [0.1, 0.15) is 40.0 Å². The molecular formula is C10H20BrNO. The van der Waals surface area contributed by atoms with Crippen molar-refractivity contribution < 1.29 is 4.79 Å². The molecule has 2 nitrogen and oxygen atoms in total. The van der Waals surface area contributed by atoms with Crippen LogP contribution in [0.25, 0.3) is 0 Å². The van der Waals surface area contributed by atoms with E-state index >= 15 is 0 Å². The predicted octanol–water partition coefficient (Wildman–Crippen LogP) is 2.71. The minimum absolute atomic E-state index is 0.155. The van der Waals surface area contributed by atoms with Crippen molar-refractivity contribution in [1.29, 1.82) is 0 Å². The summed E-state index contributed by atoms with van der Waals surface area (Å²) in [6.07, 6.45) is 3.04. The van der Waals surface area contributed by atoms with Gasteiger partial charge in [0.25, 0.3) is 0 Å². The summed E-state index contributed by atoms with van der Waals surface area (Å²) in [5.74, 6) is 0.345. The summed E-state index contributed by atoms with van der Waals surface area (Å²) in [6, 6.07) is 0.284. The van der Waals surface area contributed by atoms with E-state index in [9.17, 15) is 4.79 Å². The SMILES string of the molecule is CCCC(C)C(=O)NC(C)CCBr. The summed E-state index contributed by atoms with van der Waals surface area (Å²) < 4.78 is 0. The monoisotopic (exact) mass is 249 g/mol. The summed E-state index contributed by atoms with van der Waals surface area (Å²) in [7, 11) is 0. The maximum Gasteiger partial charge on any atom is 0.223 e. The molecule has 13 heavy (non-hydrogen) atoms. The van der Waals surface area contributed by atoms with E-state index in [2.05, 4.69) is 28.2 Å². The van der Waals surface area contributed by atoms with Crippen molar-refractivity contribution in [2.75, 3.05) is 5.33 Å². The average molecular weight is 250 g/mol. The van der Waals surface area contributed by atoms with Crippen LogP contribution < -0.4 is 5.32 Å². The Morgan fingerprint density at radius 2 is 2.00 bits per heavy atom. The first-order valence-electron chi connectivity index (χ1n) is 4.98. The predicted molar refractivity (Wildman–Crippen MR) is 60.1 cm³/mol. The summed E-state index contributed by atoms with van der Waals surface area (Å²) in [5, 5.41) is 3.94. The van der Waals surface area contributed by atoms with E-state index in [0.717, 1.165) is 24.6 Å². The molecule has 0 aliphatic rings. The van der Waals surface area contributed by atoms with E-state index in [1.165, 1.54) is 0 Å². The minimum Gasteiger partial charge on any atom is -0.353 e. The lowest BCUT2D eigenvalue weighted by Crippen LogP contribution is -2.36. The highest BCUT2D eigenvalue weighted by molar-refractivity contribution is 9.09. The standard InChI is InChI=1S/C10H20BrNO/c1-4-5-8(2)10(13)12-9(3)6-7-11/h8-9H,4-7H2,1-3H3,(H,12,13). The van der Waals surface area contributed by atoms with Gasteiger partial charge in [-0.1, -0.05) is 36.2 Å². The Kier molecular flexibility index (Phi) is 7.33. The first-order valence-corrected chi connectivity index (χ1v) is 6.10. The number of halogens is 1. The van der Waals surface area contributed by atoms with Gasteiger partial charge >= 0.3 is 0 Å². The van der Waals surface area contributed by atoms with E-state index in [-0.39, 0.29) is 17.9 Å². The highest BCUT2D eigenvalue weighted by Gasteiger charge is 2.13. The molecule has 0 bridgehead atoms. The smallest absolute Gasteiger partial charge is 0.223 e. The van der Waals surface area contributed by atoms with E-state index in [1.807, 2.05) is 13.8 Å². The van der Waals surface area contributed by atoms with Crippen molar-refractivity contribution in [3.63, 3.8) is 0 Å². The van der Waals surface area contributed by atoms with Crippen molar-refractivity contribution in [2.45, 2.75) is 46.1 Å². The van der Waals surface area contributed by atoms with Gasteiger partial charge in [0.2, 0.25) is 5.91 Å². The van der Waals surface area contributed by atoms with Crippen LogP contribution in [0.3, 0.4) is 0 Å². The van der Waals surface area contributed by atoms with Gasteiger partial charge in [-0.3, -0.25) is 4.79 Å². The molecule has 1 N–H and O–H groups in total. The quantitative estimate of drug-likeness (QED) is 0.721. The van der Waals surface area contributed by atoms with Gasteiger partial charge in [0.05, 0.1) is 0 Å².